The van der Waals surface area contributed by atoms with Gasteiger partial charge in [0.05, 0.1) is 23.9 Å². The second kappa shape index (κ2) is 14.6. The molecule has 5 atom stereocenters. The Kier molecular flexibility index (Phi) is 9.87. The summed E-state index contributed by atoms with van der Waals surface area (Å²) in [6.07, 6.45) is 3.85. The molecular weight excluding hydrogens is 762 g/mol. The summed E-state index contributed by atoms with van der Waals surface area (Å²) in [7, 11) is -3.95. The van der Waals surface area contributed by atoms with Crippen LogP contribution in [0.4, 0.5) is 9.18 Å². The third kappa shape index (κ3) is 7.86. The number of amides is 4. The van der Waals surface area contributed by atoms with Gasteiger partial charge in [-0.2, -0.15) is 0 Å². The normalized spacial score (nSPS) is 26.5. The summed E-state index contributed by atoms with van der Waals surface area (Å²) in [4.78, 5) is 61.9. The van der Waals surface area contributed by atoms with Crippen LogP contribution in [0.1, 0.15) is 59.3 Å². The van der Waals surface area contributed by atoms with Gasteiger partial charge in [-0.15, -0.1) is 0 Å². The van der Waals surface area contributed by atoms with Crippen molar-refractivity contribution in [2.24, 2.45) is 5.92 Å². The number of alkyl carbamates (subject to hydrolysis) is 1. The summed E-state index contributed by atoms with van der Waals surface area (Å²) >= 11 is 0. The Hall–Kier alpha value is -5.29. The number of furan rings is 1. The molecule has 8 rings (SSSR count). The molecule has 4 aliphatic rings. The van der Waals surface area contributed by atoms with E-state index in [-0.39, 0.29) is 43.9 Å². The quantitative estimate of drug-likeness (QED) is 0.234. The Labute approximate surface area is 327 Å². The number of rotatable bonds is 6. The highest BCUT2D eigenvalue weighted by molar-refractivity contribution is 7.91. The van der Waals surface area contributed by atoms with Crippen molar-refractivity contribution in [1.29, 1.82) is 0 Å². The molecule has 4 heterocycles. The molecule has 15 nitrogen and oxygen atoms in total. The molecule has 0 unspecified atom stereocenters. The molecule has 0 spiro atoms. The van der Waals surface area contributed by atoms with E-state index in [9.17, 15) is 32.0 Å². The number of sulfonamides is 1. The van der Waals surface area contributed by atoms with E-state index in [4.69, 9.17) is 23.6 Å². The van der Waals surface area contributed by atoms with E-state index in [0.717, 1.165) is 0 Å². The number of carbonyl (C=O) groups excluding carboxylic acids is 4. The van der Waals surface area contributed by atoms with Crippen molar-refractivity contribution in [3.8, 4) is 5.75 Å². The average molecular weight is 806 g/mol. The molecule has 1 saturated heterocycles. The van der Waals surface area contributed by atoms with E-state index >= 15 is 0 Å². The number of carbonyl (C=O) groups is 4. The van der Waals surface area contributed by atoms with Crippen molar-refractivity contribution in [3.63, 3.8) is 0 Å². The fourth-order valence-corrected chi connectivity index (χ4v) is 8.91. The lowest BCUT2D eigenvalue weighted by Crippen LogP contribution is -2.59. The number of allylic oxidation sites excluding steroid dienone is 1. The van der Waals surface area contributed by atoms with Crippen LogP contribution >= 0.6 is 0 Å². The smallest absolute Gasteiger partial charge is 0.408 e. The first-order valence-corrected chi connectivity index (χ1v) is 20.7. The lowest BCUT2D eigenvalue weighted by atomic mass is 10.1. The summed E-state index contributed by atoms with van der Waals surface area (Å²) in [6, 6.07) is 8.77. The SMILES string of the molecule is CC(C)(C)OC(=O)N[C@H]1COCCC/C=C\[C@H]2C[C@@]2(C(=O)NS(=O)(=O)C2CC2)NC(=O)[C@@H]2C[C@@H](Oc3c4cc(F)ccc4nc4c3oc3ccccc34)CN2C1=O. The van der Waals surface area contributed by atoms with E-state index in [0.29, 0.717) is 53.1 Å². The number of fused-ring (bicyclic) bond motifs is 6. The molecule has 2 aromatic heterocycles. The van der Waals surface area contributed by atoms with E-state index < -0.39 is 80.2 Å². The van der Waals surface area contributed by atoms with Crippen LogP contribution in [0.15, 0.2) is 59.0 Å². The lowest BCUT2D eigenvalue weighted by Gasteiger charge is -2.30. The third-order valence-corrected chi connectivity index (χ3v) is 12.4. The van der Waals surface area contributed by atoms with E-state index in [2.05, 4.69) is 15.4 Å². The van der Waals surface area contributed by atoms with Crippen molar-refractivity contribution >= 4 is 66.8 Å². The topological polar surface area (TPSA) is 195 Å². The number of para-hydroxylation sites is 1. The molecule has 2 aliphatic carbocycles. The highest BCUT2D eigenvalue weighted by Gasteiger charge is 2.62. The third-order valence-electron chi connectivity index (χ3n) is 10.6. The Bertz CT molecular complexity index is 2430. The number of halogens is 1. The molecule has 0 radical (unpaired) electrons. The zero-order valence-corrected chi connectivity index (χ0v) is 32.5. The minimum Gasteiger partial charge on any atom is -0.484 e. The van der Waals surface area contributed by atoms with E-state index in [1.165, 1.54) is 23.1 Å². The summed E-state index contributed by atoms with van der Waals surface area (Å²) in [5.74, 6) is -3.16. The van der Waals surface area contributed by atoms with Crippen molar-refractivity contribution in [2.45, 2.75) is 93.9 Å². The summed E-state index contributed by atoms with van der Waals surface area (Å²) in [5, 5.41) is 5.77. The monoisotopic (exact) mass is 805 g/mol. The number of hydrogen-bond donors (Lipinski definition) is 3. The Morgan fingerprint density at radius 1 is 1.11 bits per heavy atom. The van der Waals surface area contributed by atoms with Crippen LogP contribution in [-0.2, 0) is 33.9 Å². The Morgan fingerprint density at radius 3 is 2.67 bits per heavy atom. The molecule has 3 N–H and O–H groups in total. The van der Waals surface area contributed by atoms with Crippen molar-refractivity contribution in [3.05, 3.63) is 60.4 Å². The Morgan fingerprint density at radius 2 is 1.89 bits per heavy atom. The van der Waals surface area contributed by atoms with Crippen LogP contribution < -0.4 is 20.1 Å². The van der Waals surface area contributed by atoms with Crippen LogP contribution in [0.3, 0.4) is 0 Å². The predicted molar refractivity (Wildman–Crippen MR) is 205 cm³/mol. The first-order valence-electron chi connectivity index (χ1n) is 19.1. The van der Waals surface area contributed by atoms with Crippen molar-refractivity contribution in [1.82, 2.24) is 25.2 Å². The van der Waals surface area contributed by atoms with Gasteiger partial charge in [0.15, 0.2) is 11.3 Å². The standard InChI is InChI=1S/C40H44FN5O10S/c1-39(2,3)56-38(50)43-29-21-53-16-8-4-5-9-22-19-40(22,37(49)45-57(51,52)25-13-14-25)44-35(47)30-18-24(20-46(30)36(29)48)54-33-27-17-23(41)12-15-28(27)42-32-26-10-6-7-11-31(26)55-34(32)33/h5-7,9-12,15,17,22,24-25,29-30H,4,8,13-14,16,18-21H2,1-3H3,(H,43,50)(H,44,47)(H,45,49)/b9-5-/t22-,24+,29-,30-,40+/m0/s1. The molecule has 4 amide bonds. The van der Waals surface area contributed by atoms with Gasteiger partial charge in [-0.1, -0.05) is 24.3 Å². The largest absolute Gasteiger partial charge is 0.484 e. The number of ether oxygens (including phenoxy) is 3. The lowest BCUT2D eigenvalue weighted by molar-refractivity contribution is -0.142. The van der Waals surface area contributed by atoms with Crippen molar-refractivity contribution < 1.29 is 50.6 Å². The maximum absolute atomic E-state index is 14.8. The predicted octanol–water partition coefficient (Wildman–Crippen LogP) is 4.36. The number of pyridine rings is 1. The van der Waals surface area contributed by atoms with E-state index in [1.807, 2.05) is 18.2 Å². The van der Waals surface area contributed by atoms with Crippen LogP contribution in [0.5, 0.6) is 5.75 Å². The summed E-state index contributed by atoms with van der Waals surface area (Å²) in [5.41, 5.74) is -0.812. The van der Waals surface area contributed by atoms with Gasteiger partial charge in [-0.25, -0.2) is 22.6 Å². The van der Waals surface area contributed by atoms with Crippen molar-refractivity contribution in [2.75, 3.05) is 19.8 Å². The fraction of sp³-hybridized carbons (Fsp3) is 0.475. The zero-order chi connectivity index (χ0) is 40.3. The molecule has 0 bridgehead atoms. The van der Waals surface area contributed by atoms with Gasteiger partial charge in [-0.3, -0.25) is 19.1 Å². The number of nitrogens with zero attached hydrogens (tertiary/aromatic N) is 2. The first kappa shape index (κ1) is 38.6. The van der Waals surface area contributed by atoms with Gasteiger partial charge < -0.3 is 34.2 Å². The molecule has 302 valence electrons. The zero-order valence-electron chi connectivity index (χ0n) is 31.7. The minimum atomic E-state index is -3.95. The molecule has 57 heavy (non-hydrogen) atoms. The number of aromatic nitrogens is 1. The van der Waals surface area contributed by atoms with Crippen LogP contribution in [-0.4, -0.2) is 96.5 Å². The maximum Gasteiger partial charge on any atom is 0.408 e. The highest BCUT2D eigenvalue weighted by atomic mass is 32.2. The van der Waals surface area contributed by atoms with Gasteiger partial charge >= 0.3 is 6.09 Å². The molecule has 3 fully saturated rings. The molecular formula is C40H44FN5O10S. The molecule has 17 heteroatoms. The Balaban J connectivity index is 1.16. The molecule has 2 aliphatic heterocycles. The van der Waals surface area contributed by atoms with Crippen LogP contribution in [0.2, 0.25) is 0 Å². The number of benzene rings is 2. The van der Waals surface area contributed by atoms with Gasteiger partial charge in [0.25, 0.3) is 5.91 Å². The van der Waals surface area contributed by atoms with Crippen LogP contribution in [0, 0.1) is 11.7 Å². The van der Waals surface area contributed by atoms with Crippen LogP contribution in [0.25, 0.3) is 33.0 Å². The van der Waals surface area contributed by atoms with Gasteiger partial charge in [-0.05, 0) is 83.2 Å². The first-order chi connectivity index (χ1) is 27.1. The molecule has 4 aromatic rings. The molecule has 2 aromatic carbocycles. The summed E-state index contributed by atoms with van der Waals surface area (Å²) < 4.78 is 66.9. The van der Waals surface area contributed by atoms with Gasteiger partial charge in [0, 0.05) is 29.7 Å². The average Bonchev–Trinajstić information content (AvgIpc) is 4.05. The molecule has 2 saturated carbocycles. The highest BCUT2D eigenvalue weighted by Crippen LogP contribution is 2.46. The number of nitrogens with one attached hydrogen (secondary N) is 3. The minimum absolute atomic E-state index is 0.100. The van der Waals surface area contributed by atoms with Gasteiger partial charge in [0.2, 0.25) is 21.8 Å². The maximum atomic E-state index is 14.8. The fourth-order valence-electron chi connectivity index (χ4n) is 7.54. The summed E-state index contributed by atoms with van der Waals surface area (Å²) in [6.45, 7) is 4.85. The number of hydrogen-bond acceptors (Lipinski definition) is 11. The second-order valence-electron chi connectivity index (χ2n) is 16.2. The van der Waals surface area contributed by atoms with Gasteiger partial charge in [0.1, 0.15) is 46.2 Å². The second-order valence-corrected chi connectivity index (χ2v) is 18.1. The van der Waals surface area contributed by atoms with E-state index in [1.54, 1.807) is 39.0 Å².